The maximum Gasteiger partial charge on any atom is 0.416 e. The Morgan fingerprint density at radius 3 is 2.34 bits per heavy atom. The van der Waals surface area contributed by atoms with Crippen LogP contribution in [0.3, 0.4) is 0 Å². The molecular formula is C26H27F3N2O. The Balaban J connectivity index is 1.55. The van der Waals surface area contributed by atoms with Gasteiger partial charge in [-0.15, -0.1) is 0 Å². The molecule has 2 aromatic carbocycles. The summed E-state index contributed by atoms with van der Waals surface area (Å²) in [6, 6.07) is 13.5. The van der Waals surface area contributed by atoms with Crippen molar-refractivity contribution < 1.29 is 18.0 Å². The van der Waals surface area contributed by atoms with Crippen molar-refractivity contribution in [3.63, 3.8) is 0 Å². The highest BCUT2D eigenvalue weighted by Crippen LogP contribution is 2.35. The van der Waals surface area contributed by atoms with Gasteiger partial charge in [0, 0.05) is 42.3 Å². The lowest BCUT2D eigenvalue weighted by atomic mass is 9.89. The van der Waals surface area contributed by atoms with E-state index in [0.29, 0.717) is 12.5 Å². The second kappa shape index (κ2) is 8.85. The Labute approximate surface area is 186 Å². The van der Waals surface area contributed by atoms with Crippen LogP contribution in [0.5, 0.6) is 0 Å². The summed E-state index contributed by atoms with van der Waals surface area (Å²) in [5.41, 5.74) is 3.30. The normalized spacial score (nSPS) is 16.0. The molecule has 3 aromatic rings. The van der Waals surface area contributed by atoms with Crippen molar-refractivity contribution in [3.8, 4) is 0 Å². The summed E-state index contributed by atoms with van der Waals surface area (Å²) in [6.07, 6.45) is 1.46. The van der Waals surface area contributed by atoms with Gasteiger partial charge in [-0.3, -0.25) is 4.79 Å². The number of halogens is 3. The molecule has 32 heavy (non-hydrogen) atoms. The van der Waals surface area contributed by atoms with E-state index in [-0.39, 0.29) is 5.91 Å². The molecule has 1 aliphatic rings. The molecular weight excluding hydrogens is 413 g/mol. The summed E-state index contributed by atoms with van der Waals surface area (Å²) in [4.78, 5) is 14.4. The SMILES string of the molecule is CC=C(C)C(=O)N1CCC(c2cn(Cc3ccc(C(F)(F)F)cc3)c3ccccc23)CC1. The first-order chi connectivity index (χ1) is 15.3. The minimum Gasteiger partial charge on any atom is -0.343 e. The Kier molecular flexibility index (Phi) is 6.13. The predicted molar refractivity (Wildman–Crippen MR) is 120 cm³/mol. The number of hydrogen-bond donors (Lipinski definition) is 0. The molecule has 0 unspecified atom stereocenters. The van der Waals surface area contributed by atoms with Crippen molar-refractivity contribution in [3.05, 3.63) is 83.1 Å². The largest absolute Gasteiger partial charge is 0.416 e. The standard InChI is InChI=1S/C26H27F3N2O/c1-3-18(2)25(32)30-14-12-20(13-15-30)23-17-31(24-7-5-4-6-22(23)24)16-19-8-10-21(11-9-19)26(27,28)29/h3-11,17,20H,12-16H2,1-2H3. The van der Waals surface area contributed by atoms with E-state index in [4.69, 9.17) is 0 Å². The number of alkyl halides is 3. The summed E-state index contributed by atoms with van der Waals surface area (Å²) >= 11 is 0. The molecule has 168 valence electrons. The molecule has 0 N–H and O–H groups in total. The fraction of sp³-hybridized carbons (Fsp3) is 0.346. The van der Waals surface area contributed by atoms with Gasteiger partial charge in [0.05, 0.1) is 5.56 Å². The summed E-state index contributed by atoms with van der Waals surface area (Å²) in [5.74, 6) is 0.458. The number of piperidine rings is 1. The molecule has 6 heteroatoms. The summed E-state index contributed by atoms with van der Waals surface area (Å²) < 4.78 is 40.7. The van der Waals surface area contributed by atoms with E-state index in [1.54, 1.807) is 12.1 Å². The first-order valence-electron chi connectivity index (χ1n) is 10.9. The smallest absolute Gasteiger partial charge is 0.343 e. The molecule has 0 spiro atoms. The van der Waals surface area contributed by atoms with Gasteiger partial charge in [-0.25, -0.2) is 0 Å². The number of amides is 1. The number of carbonyl (C=O) groups excluding carboxylic acids is 1. The van der Waals surface area contributed by atoms with Gasteiger partial charge in [-0.1, -0.05) is 36.4 Å². The Hall–Kier alpha value is -3.02. The van der Waals surface area contributed by atoms with Crippen LogP contribution in [0.25, 0.3) is 10.9 Å². The minimum atomic E-state index is -4.33. The molecule has 0 atom stereocenters. The predicted octanol–water partition coefficient (Wildman–Crippen LogP) is 6.38. The molecule has 0 radical (unpaired) electrons. The van der Waals surface area contributed by atoms with Crippen molar-refractivity contribution in [1.82, 2.24) is 9.47 Å². The number of para-hydroxylation sites is 1. The van der Waals surface area contributed by atoms with Crippen LogP contribution in [0.15, 0.2) is 66.4 Å². The number of hydrogen-bond acceptors (Lipinski definition) is 1. The number of rotatable bonds is 4. The van der Waals surface area contributed by atoms with Gasteiger partial charge < -0.3 is 9.47 Å². The van der Waals surface area contributed by atoms with E-state index in [1.807, 2.05) is 37.0 Å². The molecule has 4 rings (SSSR count). The lowest BCUT2D eigenvalue weighted by molar-refractivity contribution is -0.137. The quantitative estimate of drug-likeness (QED) is 0.432. The number of allylic oxidation sites excluding steroid dienone is 1. The zero-order valence-corrected chi connectivity index (χ0v) is 18.3. The maximum absolute atomic E-state index is 12.9. The van der Waals surface area contributed by atoms with E-state index >= 15 is 0 Å². The average molecular weight is 441 g/mol. The van der Waals surface area contributed by atoms with E-state index in [1.165, 1.54) is 10.9 Å². The first-order valence-corrected chi connectivity index (χ1v) is 10.9. The second-order valence-electron chi connectivity index (χ2n) is 8.46. The van der Waals surface area contributed by atoms with Crippen LogP contribution in [-0.4, -0.2) is 28.5 Å². The number of aromatic nitrogens is 1. The summed E-state index contributed by atoms with van der Waals surface area (Å²) in [5, 5.41) is 1.17. The van der Waals surface area contributed by atoms with Gasteiger partial charge in [0.15, 0.2) is 0 Å². The van der Waals surface area contributed by atoms with E-state index in [0.717, 1.165) is 54.7 Å². The monoisotopic (exact) mass is 440 g/mol. The van der Waals surface area contributed by atoms with Crippen molar-refractivity contribution in [2.75, 3.05) is 13.1 Å². The van der Waals surface area contributed by atoms with Gasteiger partial charge >= 0.3 is 6.18 Å². The third-order valence-electron chi connectivity index (χ3n) is 6.45. The number of fused-ring (bicyclic) bond motifs is 1. The second-order valence-corrected chi connectivity index (χ2v) is 8.46. The highest BCUT2D eigenvalue weighted by atomic mass is 19.4. The van der Waals surface area contributed by atoms with Crippen LogP contribution in [0, 0.1) is 0 Å². The molecule has 0 saturated carbocycles. The molecule has 1 aliphatic heterocycles. The van der Waals surface area contributed by atoms with Crippen molar-refractivity contribution in [2.45, 2.75) is 45.3 Å². The molecule has 1 fully saturated rings. The van der Waals surface area contributed by atoms with Crippen molar-refractivity contribution in [1.29, 1.82) is 0 Å². The Morgan fingerprint density at radius 1 is 1.06 bits per heavy atom. The van der Waals surface area contributed by atoms with Crippen LogP contribution in [0.1, 0.15) is 49.3 Å². The number of carbonyl (C=O) groups is 1. The number of likely N-dealkylation sites (tertiary alicyclic amines) is 1. The fourth-order valence-electron chi connectivity index (χ4n) is 4.49. The minimum absolute atomic E-state index is 0.107. The topological polar surface area (TPSA) is 25.2 Å². The van der Waals surface area contributed by atoms with Gasteiger partial charge in [-0.05, 0) is 61.9 Å². The van der Waals surface area contributed by atoms with Crippen molar-refractivity contribution in [2.24, 2.45) is 0 Å². The van der Waals surface area contributed by atoms with Crippen LogP contribution >= 0.6 is 0 Å². The summed E-state index contributed by atoms with van der Waals surface area (Å²) in [6.45, 7) is 5.70. The van der Waals surface area contributed by atoms with Gasteiger partial charge in [0.1, 0.15) is 0 Å². The van der Waals surface area contributed by atoms with Crippen molar-refractivity contribution >= 4 is 16.8 Å². The lowest BCUT2D eigenvalue weighted by Crippen LogP contribution is -2.38. The lowest BCUT2D eigenvalue weighted by Gasteiger charge is -2.32. The molecule has 1 amide bonds. The molecule has 1 aromatic heterocycles. The van der Waals surface area contributed by atoms with Gasteiger partial charge in [-0.2, -0.15) is 13.2 Å². The first kappa shape index (κ1) is 22.2. The van der Waals surface area contributed by atoms with Gasteiger partial charge in [0.25, 0.3) is 0 Å². The highest BCUT2D eigenvalue weighted by Gasteiger charge is 2.30. The third-order valence-corrected chi connectivity index (χ3v) is 6.45. The number of benzene rings is 2. The van der Waals surface area contributed by atoms with Crippen LogP contribution in [-0.2, 0) is 17.5 Å². The van der Waals surface area contributed by atoms with E-state index in [9.17, 15) is 18.0 Å². The maximum atomic E-state index is 12.9. The van der Waals surface area contributed by atoms with Crippen LogP contribution < -0.4 is 0 Å². The molecule has 0 bridgehead atoms. The zero-order chi connectivity index (χ0) is 22.9. The number of nitrogens with zero attached hydrogens (tertiary/aromatic N) is 2. The molecule has 1 saturated heterocycles. The van der Waals surface area contributed by atoms with E-state index < -0.39 is 11.7 Å². The highest BCUT2D eigenvalue weighted by molar-refractivity contribution is 5.92. The molecule has 3 nitrogen and oxygen atoms in total. The molecule has 2 heterocycles. The zero-order valence-electron chi connectivity index (χ0n) is 18.3. The van der Waals surface area contributed by atoms with Crippen LogP contribution in [0.4, 0.5) is 13.2 Å². The Bertz CT molecular complexity index is 1130. The van der Waals surface area contributed by atoms with Crippen LogP contribution in [0.2, 0.25) is 0 Å². The summed E-state index contributed by atoms with van der Waals surface area (Å²) in [7, 11) is 0. The Morgan fingerprint density at radius 2 is 1.72 bits per heavy atom. The van der Waals surface area contributed by atoms with Gasteiger partial charge in [0.2, 0.25) is 5.91 Å². The average Bonchev–Trinajstić information content (AvgIpc) is 3.16. The third kappa shape index (κ3) is 4.45. The fourth-order valence-corrected chi connectivity index (χ4v) is 4.49. The molecule has 0 aliphatic carbocycles. The van der Waals surface area contributed by atoms with E-state index in [2.05, 4.69) is 22.9 Å².